The minimum atomic E-state index is -0.834. The van der Waals surface area contributed by atoms with Crippen LogP contribution in [-0.2, 0) is 18.9 Å². The summed E-state index contributed by atoms with van der Waals surface area (Å²) in [4.78, 5) is 37.7. The quantitative estimate of drug-likeness (QED) is 0.158. The van der Waals surface area contributed by atoms with E-state index in [0.717, 1.165) is 11.1 Å². The van der Waals surface area contributed by atoms with E-state index in [2.05, 4.69) is 25.6 Å². The number of aliphatic hydroxyl groups is 2. The molecule has 1 aliphatic rings. The molecule has 4 N–H and O–H groups in total. The van der Waals surface area contributed by atoms with Crippen LogP contribution in [0.5, 0.6) is 0 Å². The van der Waals surface area contributed by atoms with Gasteiger partial charge in [-0.1, -0.05) is 0 Å². The molecule has 0 aromatic carbocycles. The lowest BCUT2D eigenvalue weighted by Crippen LogP contribution is -2.29. The van der Waals surface area contributed by atoms with Crippen molar-refractivity contribution in [3.8, 4) is 11.4 Å². The second-order valence-corrected chi connectivity index (χ2v) is 10.2. The molecule has 1 fully saturated rings. The molecular weight excluding hydrogens is 572 g/mol. The molecule has 3 aromatic heterocycles. The fourth-order valence-corrected chi connectivity index (χ4v) is 4.51. The van der Waals surface area contributed by atoms with Crippen LogP contribution < -0.4 is 16.3 Å². The number of aryl methyl sites for hydroxylation is 2. The standard InChI is InChI=1S/C30H40N6O8/c1-20-3-5-31-23(15-20)24-16-22(4-6-32-24)29(39)34-8-10-42-12-14-43-13-11-41-9-7-33-28-21(2)18-36(30(40)35-28)27-17-25(38)26(19-37)44-27/h3-6,15-16,18,25-27,37-38H,7-14,17,19H2,1-2H3,(H,34,39)(H,33,35,40)/t25-,26+,27+/m0/s1. The summed E-state index contributed by atoms with van der Waals surface area (Å²) in [7, 11) is 0. The molecular formula is C30H40N6O8. The molecule has 1 aliphatic heterocycles. The Morgan fingerprint density at radius 2 is 1.66 bits per heavy atom. The second-order valence-electron chi connectivity index (χ2n) is 10.2. The van der Waals surface area contributed by atoms with Crippen LogP contribution in [0.3, 0.4) is 0 Å². The molecule has 3 aromatic rings. The van der Waals surface area contributed by atoms with Gasteiger partial charge in [0.2, 0.25) is 0 Å². The molecule has 0 spiro atoms. The van der Waals surface area contributed by atoms with Crippen LogP contribution in [0.2, 0.25) is 0 Å². The number of carbonyl (C=O) groups is 1. The predicted octanol–water partition coefficient (Wildman–Crippen LogP) is 0.850. The number of hydrogen-bond donors (Lipinski definition) is 4. The summed E-state index contributed by atoms with van der Waals surface area (Å²) in [5.74, 6) is 0.237. The molecule has 4 rings (SSSR count). The van der Waals surface area contributed by atoms with Gasteiger partial charge in [-0.15, -0.1) is 0 Å². The fourth-order valence-electron chi connectivity index (χ4n) is 4.51. The zero-order valence-electron chi connectivity index (χ0n) is 25.0. The number of nitrogens with zero attached hydrogens (tertiary/aromatic N) is 4. The first-order valence-electron chi connectivity index (χ1n) is 14.5. The van der Waals surface area contributed by atoms with Crippen molar-refractivity contribution in [3.63, 3.8) is 0 Å². The number of carbonyl (C=O) groups excluding carboxylic acids is 1. The van der Waals surface area contributed by atoms with Crippen molar-refractivity contribution in [2.75, 3.05) is 64.7 Å². The van der Waals surface area contributed by atoms with Crippen molar-refractivity contribution < 1.29 is 34.0 Å². The lowest BCUT2D eigenvalue weighted by atomic mass is 10.1. The van der Waals surface area contributed by atoms with Crippen LogP contribution in [-0.4, -0.2) is 107 Å². The highest BCUT2D eigenvalue weighted by molar-refractivity contribution is 5.94. The van der Waals surface area contributed by atoms with Crippen LogP contribution in [0.25, 0.3) is 11.4 Å². The molecule has 0 bridgehead atoms. The second kappa shape index (κ2) is 16.9. The number of hydrogen-bond acceptors (Lipinski definition) is 12. The van der Waals surface area contributed by atoms with Gasteiger partial charge in [-0.3, -0.25) is 19.3 Å². The summed E-state index contributed by atoms with van der Waals surface area (Å²) < 4.78 is 23.5. The highest BCUT2D eigenvalue weighted by atomic mass is 16.5. The number of anilines is 1. The van der Waals surface area contributed by atoms with E-state index in [4.69, 9.17) is 18.9 Å². The minimum absolute atomic E-state index is 0.209. The zero-order valence-corrected chi connectivity index (χ0v) is 25.0. The summed E-state index contributed by atoms with van der Waals surface area (Å²) in [5, 5.41) is 25.1. The number of ether oxygens (including phenoxy) is 4. The van der Waals surface area contributed by atoms with Gasteiger partial charge < -0.3 is 39.8 Å². The normalized spacial score (nSPS) is 18.0. The van der Waals surface area contributed by atoms with E-state index in [-0.39, 0.29) is 18.9 Å². The maximum absolute atomic E-state index is 12.5. The van der Waals surface area contributed by atoms with Crippen molar-refractivity contribution in [2.24, 2.45) is 0 Å². The lowest BCUT2D eigenvalue weighted by Gasteiger charge is -2.16. The summed E-state index contributed by atoms with van der Waals surface area (Å²) >= 11 is 0. The number of nitrogens with one attached hydrogen (secondary N) is 2. The van der Waals surface area contributed by atoms with Crippen molar-refractivity contribution >= 4 is 11.7 Å². The maximum Gasteiger partial charge on any atom is 0.351 e. The Balaban J connectivity index is 1.01. The van der Waals surface area contributed by atoms with E-state index in [0.29, 0.717) is 75.5 Å². The average Bonchev–Trinajstić information content (AvgIpc) is 3.40. The van der Waals surface area contributed by atoms with Crippen LogP contribution >= 0.6 is 0 Å². The van der Waals surface area contributed by atoms with Gasteiger partial charge in [0, 0.05) is 49.2 Å². The number of amides is 1. The first-order chi connectivity index (χ1) is 21.4. The van der Waals surface area contributed by atoms with Gasteiger partial charge in [-0.05, 0) is 43.7 Å². The average molecular weight is 613 g/mol. The van der Waals surface area contributed by atoms with E-state index >= 15 is 0 Å². The van der Waals surface area contributed by atoms with Crippen molar-refractivity contribution in [2.45, 2.75) is 38.7 Å². The third-order valence-electron chi connectivity index (χ3n) is 6.84. The number of pyridine rings is 2. The smallest absolute Gasteiger partial charge is 0.351 e. The molecule has 4 heterocycles. The number of rotatable bonds is 17. The van der Waals surface area contributed by atoms with Crippen LogP contribution in [0.4, 0.5) is 5.82 Å². The first-order valence-corrected chi connectivity index (χ1v) is 14.5. The van der Waals surface area contributed by atoms with E-state index in [1.807, 2.05) is 26.0 Å². The lowest BCUT2D eigenvalue weighted by molar-refractivity contribution is -0.0459. The third kappa shape index (κ3) is 9.61. The highest BCUT2D eigenvalue weighted by Crippen LogP contribution is 2.28. The summed E-state index contributed by atoms with van der Waals surface area (Å²) in [6.07, 6.45) is 2.93. The van der Waals surface area contributed by atoms with Gasteiger partial charge in [-0.25, -0.2) is 4.79 Å². The Kier molecular flexibility index (Phi) is 12.7. The largest absolute Gasteiger partial charge is 0.394 e. The number of aromatic nitrogens is 4. The maximum atomic E-state index is 12.5. The topological polar surface area (TPSA) is 179 Å². The van der Waals surface area contributed by atoms with Gasteiger partial charge in [0.15, 0.2) is 0 Å². The van der Waals surface area contributed by atoms with Crippen LogP contribution in [0.15, 0.2) is 47.7 Å². The molecule has 0 aliphatic carbocycles. The predicted molar refractivity (Wildman–Crippen MR) is 160 cm³/mol. The number of aliphatic hydroxyl groups excluding tert-OH is 2. The minimum Gasteiger partial charge on any atom is -0.394 e. The van der Waals surface area contributed by atoms with Crippen LogP contribution in [0, 0.1) is 13.8 Å². The molecule has 1 amide bonds. The van der Waals surface area contributed by atoms with Gasteiger partial charge in [-0.2, -0.15) is 4.98 Å². The monoisotopic (exact) mass is 612 g/mol. The summed E-state index contributed by atoms with van der Waals surface area (Å²) in [6.45, 7) is 6.59. The zero-order chi connectivity index (χ0) is 31.3. The Morgan fingerprint density at radius 1 is 1.00 bits per heavy atom. The van der Waals surface area contributed by atoms with Gasteiger partial charge >= 0.3 is 5.69 Å². The van der Waals surface area contributed by atoms with Crippen molar-refractivity contribution in [3.05, 3.63) is 70.0 Å². The Morgan fingerprint density at radius 3 is 2.34 bits per heavy atom. The third-order valence-corrected chi connectivity index (χ3v) is 6.84. The molecule has 0 saturated carbocycles. The Bertz CT molecular complexity index is 1420. The Labute approximate surface area is 255 Å². The molecule has 1 saturated heterocycles. The first kappa shape index (κ1) is 33.1. The van der Waals surface area contributed by atoms with Crippen molar-refractivity contribution in [1.82, 2.24) is 24.8 Å². The molecule has 0 radical (unpaired) electrons. The Hall–Kier alpha value is -3.79. The molecule has 0 unspecified atom stereocenters. The fraction of sp³-hybridized carbons (Fsp3) is 0.500. The van der Waals surface area contributed by atoms with E-state index in [1.165, 1.54) is 4.57 Å². The SMILES string of the molecule is Cc1ccnc(-c2cc(C(=O)NCCOCCOCCOCCNc3nc(=O)n([C@H]4C[C@H](O)[C@@H](CO)O4)cc3C)ccn2)c1. The molecule has 14 nitrogen and oxygen atoms in total. The van der Waals surface area contributed by atoms with Crippen molar-refractivity contribution in [1.29, 1.82) is 0 Å². The van der Waals surface area contributed by atoms with Crippen LogP contribution in [0.1, 0.15) is 34.1 Å². The highest BCUT2D eigenvalue weighted by Gasteiger charge is 2.35. The molecule has 238 valence electrons. The summed E-state index contributed by atoms with van der Waals surface area (Å²) in [6, 6.07) is 7.20. The van der Waals surface area contributed by atoms with E-state index in [9.17, 15) is 19.8 Å². The summed E-state index contributed by atoms with van der Waals surface area (Å²) in [5.41, 5.74) is 3.16. The van der Waals surface area contributed by atoms with E-state index < -0.39 is 24.1 Å². The molecule has 44 heavy (non-hydrogen) atoms. The molecule has 14 heteroatoms. The van der Waals surface area contributed by atoms with E-state index in [1.54, 1.807) is 30.7 Å². The van der Waals surface area contributed by atoms with Gasteiger partial charge in [0.25, 0.3) is 5.91 Å². The van der Waals surface area contributed by atoms with Gasteiger partial charge in [0.1, 0.15) is 18.1 Å². The molecule has 3 atom stereocenters. The van der Waals surface area contributed by atoms with Gasteiger partial charge in [0.05, 0.1) is 63.7 Å².